The van der Waals surface area contributed by atoms with E-state index in [9.17, 15) is 9.59 Å². The quantitative estimate of drug-likeness (QED) is 0.756. The summed E-state index contributed by atoms with van der Waals surface area (Å²) >= 11 is 0. The Hall–Kier alpha value is -1.88. The summed E-state index contributed by atoms with van der Waals surface area (Å²) in [6, 6.07) is 5.87. The highest BCUT2D eigenvalue weighted by Gasteiger charge is 2.11. The molecule has 1 unspecified atom stereocenters. The molecular formula is C12H15NO4. The normalized spacial score (nSPS) is 11.9. The molecule has 92 valence electrons. The van der Waals surface area contributed by atoms with Gasteiger partial charge >= 0.3 is 5.97 Å². The third-order valence-electron chi connectivity index (χ3n) is 2.12. The van der Waals surface area contributed by atoms with E-state index in [1.807, 2.05) is 0 Å². The zero-order valence-corrected chi connectivity index (χ0v) is 9.55. The van der Waals surface area contributed by atoms with Crippen LogP contribution in [0.1, 0.15) is 12.5 Å². The highest BCUT2D eigenvalue weighted by Crippen LogP contribution is 2.12. The zero-order valence-electron chi connectivity index (χ0n) is 9.55. The number of rotatable bonds is 6. The fourth-order valence-corrected chi connectivity index (χ4v) is 1.25. The standard InChI is InChI=1S/C12H15NO4/c1-8(14)6-9-2-4-10(5-3-9)17-7-11(13)12(15)16/h2-5,11H,6-7,13H2,1H3,(H,15,16). The number of carbonyl (C=O) groups excluding carboxylic acids is 1. The molecule has 0 heterocycles. The van der Waals surface area contributed by atoms with E-state index in [2.05, 4.69) is 0 Å². The lowest BCUT2D eigenvalue weighted by Gasteiger charge is -2.09. The number of hydrogen-bond acceptors (Lipinski definition) is 4. The van der Waals surface area contributed by atoms with Crippen LogP contribution in [0.15, 0.2) is 24.3 Å². The summed E-state index contributed by atoms with van der Waals surface area (Å²) in [6.07, 6.45) is 0.384. The SMILES string of the molecule is CC(=O)Cc1ccc(OCC(N)C(=O)O)cc1. The number of nitrogens with two attached hydrogens (primary N) is 1. The molecule has 0 aromatic heterocycles. The van der Waals surface area contributed by atoms with Crippen molar-refractivity contribution in [3.8, 4) is 5.75 Å². The summed E-state index contributed by atoms with van der Waals surface area (Å²) < 4.78 is 5.20. The highest BCUT2D eigenvalue weighted by atomic mass is 16.5. The minimum absolute atomic E-state index is 0.0820. The molecule has 5 heteroatoms. The molecule has 0 saturated heterocycles. The number of hydrogen-bond donors (Lipinski definition) is 2. The Bertz CT molecular complexity index is 399. The van der Waals surface area contributed by atoms with Crippen LogP contribution in [0, 0.1) is 0 Å². The van der Waals surface area contributed by atoms with Crippen LogP contribution >= 0.6 is 0 Å². The maximum absolute atomic E-state index is 10.9. The number of Topliss-reactive ketones (excluding diaryl/α,β-unsaturated/α-hetero) is 1. The van der Waals surface area contributed by atoms with Gasteiger partial charge in [0.2, 0.25) is 0 Å². The molecule has 1 aromatic carbocycles. The van der Waals surface area contributed by atoms with E-state index in [4.69, 9.17) is 15.6 Å². The lowest BCUT2D eigenvalue weighted by Crippen LogP contribution is -2.36. The number of carboxylic acids is 1. The number of carboxylic acid groups (broad SMARTS) is 1. The van der Waals surface area contributed by atoms with E-state index in [1.165, 1.54) is 6.92 Å². The van der Waals surface area contributed by atoms with E-state index in [0.717, 1.165) is 5.56 Å². The first-order valence-corrected chi connectivity index (χ1v) is 5.18. The molecule has 1 aromatic rings. The average Bonchev–Trinajstić information content (AvgIpc) is 2.26. The largest absolute Gasteiger partial charge is 0.491 e. The van der Waals surface area contributed by atoms with Gasteiger partial charge in [-0.05, 0) is 24.6 Å². The van der Waals surface area contributed by atoms with Crippen molar-refractivity contribution in [3.05, 3.63) is 29.8 Å². The van der Waals surface area contributed by atoms with Crippen molar-refractivity contribution in [3.63, 3.8) is 0 Å². The van der Waals surface area contributed by atoms with Crippen molar-refractivity contribution >= 4 is 11.8 Å². The lowest BCUT2D eigenvalue weighted by atomic mass is 10.1. The molecule has 0 aliphatic carbocycles. The molecule has 0 radical (unpaired) electrons. The first-order valence-electron chi connectivity index (χ1n) is 5.18. The van der Waals surface area contributed by atoms with E-state index in [1.54, 1.807) is 24.3 Å². The van der Waals surface area contributed by atoms with Gasteiger partial charge in [0.05, 0.1) is 0 Å². The molecule has 0 aliphatic rings. The third kappa shape index (κ3) is 4.65. The molecule has 0 fully saturated rings. The monoisotopic (exact) mass is 237 g/mol. The summed E-state index contributed by atoms with van der Waals surface area (Å²) in [4.78, 5) is 21.3. The molecule has 0 bridgehead atoms. The van der Waals surface area contributed by atoms with Crippen LogP contribution in [0.5, 0.6) is 5.75 Å². The van der Waals surface area contributed by atoms with Crippen LogP contribution in [-0.2, 0) is 16.0 Å². The van der Waals surface area contributed by atoms with Crippen molar-refractivity contribution in [1.82, 2.24) is 0 Å². The molecule has 3 N–H and O–H groups in total. The number of benzene rings is 1. The van der Waals surface area contributed by atoms with Crippen molar-refractivity contribution in [2.75, 3.05) is 6.61 Å². The Balaban J connectivity index is 2.51. The van der Waals surface area contributed by atoms with Crippen molar-refractivity contribution < 1.29 is 19.4 Å². The van der Waals surface area contributed by atoms with E-state index in [-0.39, 0.29) is 12.4 Å². The second-order valence-corrected chi connectivity index (χ2v) is 3.78. The van der Waals surface area contributed by atoms with Crippen molar-refractivity contribution in [2.24, 2.45) is 5.73 Å². The van der Waals surface area contributed by atoms with Gasteiger partial charge in [-0.3, -0.25) is 9.59 Å². The predicted octanol–water partition coefficient (Wildman–Crippen LogP) is 0.609. The summed E-state index contributed by atoms with van der Waals surface area (Å²) in [7, 11) is 0. The first-order chi connectivity index (χ1) is 7.99. The maximum atomic E-state index is 10.9. The molecule has 5 nitrogen and oxygen atoms in total. The fraction of sp³-hybridized carbons (Fsp3) is 0.333. The second-order valence-electron chi connectivity index (χ2n) is 3.78. The van der Waals surface area contributed by atoms with Gasteiger partial charge in [-0.15, -0.1) is 0 Å². The van der Waals surface area contributed by atoms with Crippen LogP contribution in [0.3, 0.4) is 0 Å². The molecule has 0 aliphatic heterocycles. The highest BCUT2D eigenvalue weighted by molar-refractivity contribution is 5.78. The number of carbonyl (C=O) groups is 2. The van der Waals surface area contributed by atoms with Gasteiger partial charge in [-0.2, -0.15) is 0 Å². The Kier molecular flexibility index (Phi) is 4.66. The Labute approximate surface area is 99.2 Å². The summed E-state index contributed by atoms with van der Waals surface area (Å²) in [5.74, 6) is -0.473. The number of ketones is 1. The molecule has 17 heavy (non-hydrogen) atoms. The van der Waals surface area contributed by atoms with E-state index >= 15 is 0 Å². The van der Waals surface area contributed by atoms with Crippen LogP contribution in [-0.4, -0.2) is 29.5 Å². The first kappa shape index (κ1) is 13.2. The zero-order chi connectivity index (χ0) is 12.8. The minimum Gasteiger partial charge on any atom is -0.491 e. The molecular weight excluding hydrogens is 222 g/mol. The predicted molar refractivity (Wildman–Crippen MR) is 61.9 cm³/mol. The van der Waals surface area contributed by atoms with Crippen LogP contribution in [0.4, 0.5) is 0 Å². The smallest absolute Gasteiger partial charge is 0.324 e. The lowest BCUT2D eigenvalue weighted by molar-refractivity contribution is -0.139. The minimum atomic E-state index is -1.10. The second kappa shape index (κ2) is 6.00. The molecule has 1 atom stereocenters. The number of ether oxygens (including phenoxy) is 1. The summed E-state index contributed by atoms with van der Waals surface area (Å²) in [5, 5.41) is 8.56. The number of aliphatic carboxylic acids is 1. The molecule has 0 amide bonds. The Morgan fingerprint density at radius 3 is 2.41 bits per heavy atom. The summed E-state index contributed by atoms with van der Waals surface area (Å²) in [6.45, 7) is 1.44. The maximum Gasteiger partial charge on any atom is 0.324 e. The van der Waals surface area contributed by atoms with Gasteiger partial charge < -0.3 is 15.6 Å². The van der Waals surface area contributed by atoms with Gasteiger partial charge in [-0.25, -0.2) is 0 Å². The van der Waals surface area contributed by atoms with Crippen molar-refractivity contribution in [1.29, 1.82) is 0 Å². The average molecular weight is 237 g/mol. The van der Waals surface area contributed by atoms with Crippen LogP contribution in [0.25, 0.3) is 0 Å². The van der Waals surface area contributed by atoms with Gasteiger partial charge in [0.1, 0.15) is 24.2 Å². The molecule has 0 saturated carbocycles. The summed E-state index contributed by atoms with van der Waals surface area (Å²) in [5.41, 5.74) is 6.19. The van der Waals surface area contributed by atoms with Gasteiger partial charge in [0, 0.05) is 6.42 Å². The fourth-order valence-electron chi connectivity index (χ4n) is 1.25. The Morgan fingerprint density at radius 1 is 1.35 bits per heavy atom. The third-order valence-corrected chi connectivity index (χ3v) is 2.12. The van der Waals surface area contributed by atoms with Gasteiger partial charge in [0.15, 0.2) is 0 Å². The van der Waals surface area contributed by atoms with Crippen molar-refractivity contribution in [2.45, 2.75) is 19.4 Å². The molecule has 1 rings (SSSR count). The van der Waals surface area contributed by atoms with E-state index < -0.39 is 12.0 Å². The van der Waals surface area contributed by atoms with Crippen LogP contribution in [0.2, 0.25) is 0 Å². The van der Waals surface area contributed by atoms with E-state index in [0.29, 0.717) is 12.2 Å². The van der Waals surface area contributed by atoms with Gasteiger partial charge in [0.25, 0.3) is 0 Å². The topological polar surface area (TPSA) is 89.6 Å². The van der Waals surface area contributed by atoms with Gasteiger partial charge in [-0.1, -0.05) is 12.1 Å². The van der Waals surface area contributed by atoms with Crippen LogP contribution < -0.4 is 10.5 Å². The Morgan fingerprint density at radius 2 is 1.94 bits per heavy atom. The molecule has 0 spiro atoms.